The number of ether oxygens (including phenoxy) is 1. The van der Waals surface area contributed by atoms with Crippen molar-refractivity contribution in [3.63, 3.8) is 0 Å². The van der Waals surface area contributed by atoms with E-state index < -0.39 is 36.4 Å². The molecule has 8 nitrogen and oxygen atoms in total. The third-order valence-corrected chi connectivity index (χ3v) is 7.77. The highest BCUT2D eigenvalue weighted by Gasteiger charge is 2.40. The number of likely N-dealkylation sites (N-methyl/N-ethyl adjacent to an activating group) is 1. The Morgan fingerprint density at radius 1 is 1.22 bits per heavy atom. The molecule has 2 aliphatic carbocycles. The number of nitrogens with one attached hydrogen (secondary N) is 1. The summed E-state index contributed by atoms with van der Waals surface area (Å²) in [5.74, 6) is -0.215. The fourth-order valence-corrected chi connectivity index (χ4v) is 5.74. The Hall–Kier alpha value is -1.65. The van der Waals surface area contributed by atoms with E-state index >= 15 is 0 Å². The maximum absolute atomic E-state index is 12.9. The Morgan fingerprint density at radius 2 is 1.91 bits per heavy atom. The van der Waals surface area contributed by atoms with Gasteiger partial charge in [-0.2, -0.15) is 0 Å². The molecule has 0 radical (unpaired) electrons. The standard InChI is InChI=1S/C23H34N2O6S/c1-25-16-9-5-6-10-18(16)32-13-15(23(25)30)24-22(29)21(31-2)20(28)19(27)17(26)12-11-14-7-3-4-8-14/h5-6,9-12,14-21,26-28H,3-4,7-8,13H2,1-2H3,(H,24,29)/b12-11+/t15-,16?,17+,18?,19-,20+,21+/m0/s1. The molecule has 3 rings (SSSR count). The molecular formula is C23H34N2O6S. The van der Waals surface area contributed by atoms with Crippen molar-refractivity contribution in [1.29, 1.82) is 0 Å². The van der Waals surface area contributed by atoms with Crippen molar-refractivity contribution in [2.24, 2.45) is 5.92 Å². The number of nitrogens with zero attached hydrogens (tertiary/aromatic N) is 1. The first-order valence-electron chi connectivity index (χ1n) is 11.1. The van der Waals surface area contributed by atoms with Gasteiger partial charge in [-0.1, -0.05) is 49.3 Å². The number of aliphatic hydroxyl groups is 3. The van der Waals surface area contributed by atoms with Gasteiger partial charge in [0.25, 0.3) is 5.91 Å². The molecule has 0 bridgehead atoms. The lowest BCUT2D eigenvalue weighted by Gasteiger charge is -2.31. The van der Waals surface area contributed by atoms with Gasteiger partial charge in [0.05, 0.1) is 6.04 Å². The van der Waals surface area contributed by atoms with Crippen molar-refractivity contribution in [2.45, 2.75) is 67.4 Å². The van der Waals surface area contributed by atoms with Crippen molar-refractivity contribution in [3.8, 4) is 0 Å². The summed E-state index contributed by atoms with van der Waals surface area (Å²) in [4.78, 5) is 27.4. The first-order chi connectivity index (χ1) is 15.3. The third kappa shape index (κ3) is 5.82. The first-order valence-corrected chi connectivity index (χ1v) is 12.2. The molecule has 0 spiro atoms. The normalized spacial score (nSPS) is 30.1. The smallest absolute Gasteiger partial charge is 0.252 e. The quantitative estimate of drug-likeness (QED) is 0.382. The van der Waals surface area contributed by atoms with Crippen LogP contribution in [0.4, 0.5) is 0 Å². The summed E-state index contributed by atoms with van der Waals surface area (Å²) in [5.41, 5.74) is 0. The molecule has 32 heavy (non-hydrogen) atoms. The van der Waals surface area contributed by atoms with E-state index in [0.29, 0.717) is 11.7 Å². The molecule has 1 saturated carbocycles. The molecule has 4 N–H and O–H groups in total. The van der Waals surface area contributed by atoms with Crippen LogP contribution in [0.5, 0.6) is 0 Å². The Bertz CT molecular complexity index is 751. The van der Waals surface area contributed by atoms with Crippen molar-refractivity contribution in [1.82, 2.24) is 10.2 Å². The van der Waals surface area contributed by atoms with Crippen LogP contribution in [-0.2, 0) is 14.3 Å². The molecule has 178 valence electrons. The van der Waals surface area contributed by atoms with Crippen LogP contribution >= 0.6 is 11.8 Å². The van der Waals surface area contributed by atoms with Gasteiger partial charge in [0.2, 0.25) is 5.91 Å². The minimum atomic E-state index is -1.66. The predicted octanol–water partition coefficient (Wildman–Crippen LogP) is 0.384. The number of methoxy groups -OCH3 is 1. The zero-order chi connectivity index (χ0) is 23.3. The van der Waals surface area contributed by atoms with E-state index in [1.54, 1.807) is 23.7 Å². The van der Waals surface area contributed by atoms with E-state index in [-0.39, 0.29) is 17.2 Å². The van der Waals surface area contributed by atoms with E-state index in [0.717, 1.165) is 25.7 Å². The van der Waals surface area contributed by atoms with Crippen LogP contribution in [0, 0.1) is 5.92 Å². The van der Waals surface area contributed by atoms with Gasteiger partial charge in [-0.3, -0.25) is 9.59 Å². The number of hydrogen-bond acceptors (Lipinski definition) is 7. The second-order valence-electron chi connectivity index (χ2n) is 8.63. The number of carbonyl (C=O) groups is 2. The van der Waals surface area contributed by atoms with Crippen LogP contribution in [0.1, 0.15) is 25.7 Å². The van der Waals surface area contributed by atoms with Gasteiger partial charge in [-0.15, -0.1) is 11.8 Å². The Morgan fingerprint density at radius 3 is 2.59 bits per heavy atom. The van der Waals surface area contributed by atoms with Crippen molar-refractivity contribution in [2.75, 3.05) is 19.9 Å². The summed E-state index contributed by atoms with van der Waals surface area (Å²) in [6, 6.07) is -0.883. The number of hydrogen-bond donors (Lipinski definition) is 4. The van der Waals surface area contributed by atoms with Gasteiger partial charge in [0.1, 0.15) is 24.4 Å². The highest BCUT2D eigenvalue weighted by atomic mass is 32.2. The molecule has 2 unspecified atom stereocenters. The van der Waals surface area contributed by atoms with Crippen molar-refractivity contribution < 1.29 is 29.6 Å². The van der Waals surface area contributed by atoms with Crippen molar-refractivity contribution >= 4 is 23.6 Å². The fraction of sp³-hybridized carbons (Fsp3) is 0.652. The summed E-state index contributed by atoms with van der Waals surface area (Å²) in [6.07, 6.45) is 9.48. The molecule has 7 atom stereocenters. The lowest BCUT2D eigenvalue weighted by molar-refractivity contribution is -0.151. The van der Waals surface area contributed by atoms with E-state index in [9.17, 15) is 24.9 Å². The average molecular weight is 467 g/mol. The van der Waals surface area contributed by atoms with Crippen LogP contribution in [0.3, 0.4) is 0 Å². The number of rotatable bonds is 8. The van der Waals surface area contributed by atoms with E-state index in [4.69, 9.17) is 4.74 Å². The van der Waals surface area contributed by atoms with Crippen LogP contribution < -0.4 is 5.32 Å². The minimum absolute atomic E-state index is 0.0909. The second kappa shape index (κ2) is 11.5. The van der Waals surface area contributed by atoms with E-state index in [2.05, 4.69) is 5.32 Å². The molecule has 3 aliphatic rings. The fourth-order valence-electron chi connectivity index (χ4n) is 4.42. The van der Waals surface area contributed by atoms with Crippen LogP contribution in [0.15, 0.2) is 36.5 Å². The largest absolute Gasteiger partial charge is 0.387 e. The molecule has 1 heterocycles. The summed E-state index contributed by atoms with van der Waals surface area (Å²) in [6.45, 7) is 0. The molecule has 0 aromatic carbocycles. The summed E-state index contributed by atoms with van der Waals surface area (Å²) < 4.78 is 5.14. The third-order valence-electron chi connectivity index (χ3n) is 6.42. The Kier molecular flexibility index (Phi) is 8.95. The highest BCUT2D eigenvalue weighted by Crippen LogP contribution is 2.29. The number of aliphatic hydroxyl groups excluding tert-OH is 3. The van der Waals surface area contributed by atoms with Crippen molar-refractivity contribution in [3.05, 3.63) is 36.5 Å². The van der Waals surface area contributed by atoms with Gasteiger partial charge in [-0.25, -0.2) is 0 Å². The van der Waals surface area contributed by atoms with Gasteiger partial charge in [-0.05, 0) is 18.8 Å². The number of thioether (sulfide) groups is 1. The van der Waals surface area contributed by atoms with E-state index in [1.807, 2.05) is 30.4 Å². The summed E-state index contributed by atoms with van der Waals surface area (Å²) in [7, 11) is 2.94. The molecule has 2 amide bonds. The zero-order valence-electron chi connectivity index (χ0n) is 18.5. The van der Waals surface area contributed by atoms with Crippen LogP contribution in [0.2, 0.25) is 0 Å². The monoisotopic (exact) mass is 466 g/mol. The van der Waals surface area contributed by atoms with Gasteiger partial charge >= 0.3 is 0 Å². The zero-order valence-corrected chi connectivity index (χ0v) is 19.4. The molecule has 0 aromatic heterocycles. The maximum Gasteiger partial charge on any atom is 0.252 e. The first kappa shape index (κ1) is 25.0. The lowest BCUT2D eigenvalue weighted by atomic mass is 9.99. The van der Waals surface area contributed by atoms with E-state index in [1.165, 1.54) is 13.2 Å². The topological polar surface area (TPSA) is 119 Å². The Balaban J connectivity index is 1.61. The number of allylic oxidation sites excluding steroid dienone is 3. The predicted molar refractivity (Wildman–Crippen MR) is 123 cm³/mol. The maximum atomic E-state index is 12.9. The summed E-state index contributed by atoms with van der Waals surface area (Å²) in [5, 5.41) is 33.9. The van der Waals surface area contributed by atoms with Crippen LogP contribution in [-0.4, -0.2) is 93.7 Å². The van der Waals surface area contributed by atoms with Crippen LogP contribution in [0.25, 0.3) is 0 Å². The number of carbonyl (C=O) groups excluding carboxylic acids is 2. The molecule has 0 aromatic rings. The SMILES string of the molecule is CO[C@@H](C(=O)N[C@H]1CSC2C=CC=CC2N(C)C1=O)[C@H](O)[C@@H](O)[C@H](O)/C=C/C1CCCC1. The summed E-state index contributed by atoms with van der Waals surface area (Å²) >= 11 is 1.57. The van der Waals surface area contributed by atoms with Gasteiger partial charge in [0, 0.05) is 25.2 Å². The molecule has 1 aliphatic heterocycles. The molecular weight excluding hydrogens is 432 g/mol. The number of amides is 2. The molecule has 1 saturated heterocycles. The number of fused-ring (bicyclic) bond motifs is 1. The lowest BCUT2D eigenvalue weighted by Crippen LogP contribution is -2.56. The second-order valence-corrected chi connectivity index (χ2v) is 9.84. The molecule has 2 fully saturated rings. The van der Waals surface area contributed by atoms with Gasteiger partial charge in [0.15, 0.2) is 6.10 Å². The molecule has 9 heteroatoms. The average Bonchev–Trinajstić information content (AvgIpc) is 3.29. The van der Waals surface area contributed by atoms with Gasteiger partial charge < -0.3 is 30.3 Å². The Labute approximate surface area is 193 Å². The highest BCUT2D eigenvalue weighted by molar-refractivity contribution is 8.00. The minimum Gasteiger partial charge on any atom is -0.387 e.